The second-order valence-corrected chi connectivity index (χ2v) is 4.46. The summed E-state index contributed by atoms with van der Waals surface area (Å²) < 4.78 is 0. The second-order valence-electron chi connectivity index (χ2n) is 3.85. The number of carbonyl (C=O) groups excluding carboxylic acids is 1. The number of carboxylic acid groups (broad SMARTS) is 1. The molecule has 1 aliphatic heterocycles. The first-order chi connectivity index (χ1) is 7.09. The number of amides is 1. The standard InChI is InChI=1S/C10H16ClNO3/c11-8-6-9(13)12(7-8)5-3-1-2-4-10(14)15/h8H,1-7H2,(H,14,15). The van der Waals surface area contributed by atoms with Gasteiger partial charge in [-0.1, -0.05) is 6.42 Å². The Morgan fingerprint density at radius 3 is 2.73 bits per heavy atom. The Bertz CT molecular complexity index is 245. The van der Waals surface area contributed by atoms with Gasteiger partial charge in [0.1, 0.15) is 0 Å². The van der Waals surface area contributed by atoms with Crippen LogP contribution in [0.2, 0.25) is 0 Å². The Morgan fingerprint density at radius 2 is 2.20 bits per heavy atom. The minimum absolute atomic E-state index is 0.0449. The van der Waals surface area contributed by atoms with E-state index >= 15 is 0 Å². The molecule has 0 aliphatic carbocycles. The van der Waals surface area contributed by atoms with Gasteiger partial charge < -0.3 is 10.0 Å². The first-order valence-electron chi connectivity index (χ1n) is 5.23. The van der Waals surface area contributed by atoms with E-state index in [1.54, 1.807) is 4.90 Å². The van der Waals surface area contributed by atoms with Crippen LogP contribution in [0.3, 0.4) is 0 Å². The zero-order chi connectivity index (χ0) is 11.3. The van der Waals surface area contributed by atoms with Gasteiger partial charge in [-0.25, -0.2) is 0 Å². The summed E-state index contributed by atoms with van der Waals surface area (Å²) in [5, 5.41) is 8.37. The molecule has 4 nitrogen and oxygen atoms in total. The number of aliphatic carboxylic acids is 1. The van der Waals surface area contributed by atoms with Crippen LogP contribution < -0.4 is 0 Å². The summed E-state index contributed by atoms with van der Waals surface area (Å²) in [6.07, 6.45) is 3.05. The molecule has 1 heterocycles. The summed E-state index contributed by atoms with van der Waals surface area (Å²) in [7, 11) is 0. The molecule has 0 bridgehead atoms. The molecule has 0 aromatic rings. The number of carboxylic acids is 1. The summed E-state index contributed by atoms with van der Waals surface area (Å²) in [6.45, 7) is 1.35. The van der Waals surface area contributed by atoms with Crippen LogP contribution in [-0.2, 0) is 9.59 Å². The van der Waals surface area contributed by atoms with Crippen molar-refractivity contribution in [1.82, 2.24) is 4.90 Å². The lowest BCUT2D eigenvalue weighted by atomic mass is 10.2. The predicted molar refractivity (Wildman–Crippen MR) is 56.9 cm³/mol. The maximum atomic E-state index is 11.3. The number of likely N-dealkylation sites (tertiary alicyclic amines) is 1. The van der Waals surface area contributed by atoms with Crippen molar-refractivity contribution in [3.8, 4) is 0 Å². The molecule has 1 fully saturated rings. The lowest BCUT2D eigenvalue weighted by molar-refractivity contribution is -0.137. The molecule has 5 heteroatoms. The van der Waals surface area contributed by atoms with Gasteiger partial charge in [0.05, 0.1) is 5.38 Å². The molecule has 0 aromatic carbocycles. The van der Waals surface area contributed by atoms with E-state index in [1.807, 2.05) is 0 Å². The van der Waals surface area contributed by atoms with Crippen molar-refractivity contribution in [3.63, 3.8) is 0 Å². The minimum Gasteiger partial charge on any atom is -0.481 e. The normalized spacial score (nSPS) is 21.0. The van der Waals surface area contributed by atoms with Crippen molar-refractivity contribution >= 4 is 23.5 Å². The van der Waals surface area contributed by atoms with Crippen molar-refractivity contribution < 1.29 is 14.7 Å². The van der Waals surface area contributed by atoms with Gasteiger partial charge in [0.2, 0.25) is 5.91 Å². The largest absolute Gasteiger partial charge is 0.481 e. The van der Waals surface area contributed by atoms with E-state index < -0.39 is 5.97 Å². The van der Waals surface area contributed by atoms with Crippen LogP contribution in [0.4, 0.5) is 0 Å². The number of rotatable bonds is 6. The topological polar surface area (TPSA) is 57.6 Å². The Labute approximate surface area is 94.2 Å². The van der Waals surface area contributed by atoms with Gasteiger partial charge in [-0.3, -0.25) is 9.59 Å². The molecule has 1 atom stereocenters. The molecular weight excluding hydrogens is 218 g/mol. The lowest BCUT2D eigenvalue weighted by Crippen LogP contribution is -2.26. The molecule has 1 rings (SSSR count). The van der Waals surface area contributed by atoms with Gasteiger partial charge in [0.15, 0.2) is 0 Å². The van der Waals surface area contributed by atoms with Gasteiger partial charge in [-0.15, -0.1) is 11.6 Å². The van der Waals surface area contributed by atoms with Gasteiger partial charge >= 0.3 is 5.97 Å². The Hall–Kier alpha value is -0.770. The van der Waals surface area contributed by atoms with Crippen LogP contribution in [0.1, 0.15) is 32.1 Å². The van der Waals surface area contributed by atoms with Gasteiger partial charge in [-0.2, -0.15) is 0 Å². The first kappa shape index (κ1) is 12.3. The van der Waals surface area contributed by atoms with Crippen LogP contribution >= 0.6 is 11.6 Å². The van der Waals surface area contributed by atoms with E-state index in [0.29, 0.717) is 25.9 Å². The highest BCUT2D eigenvalue weighted by molar-refractivity contribution is 6.22. The highest BCUT2D eigenvalue weighted by atomic mass is 35.5. The zero-order valence-corrected chi connectivity index (χ0v) is 9.37. The fourth-order valence-electron chi connectivity index (χ4n) is 1.70. The molecule has 1 N–H and O–H groups in total. The third kappa shape index (κ3) is 4.51. The van der Waals surface area contributed by atoms with E-state index in [2.05, 4.69) is 0 Å². The van der Waals surface area contributed by atoms with Crippen LogP contribution in [0.5, 0.6) is 0 Å². The molecule has 86 valence electrons. The molecule has 0 saturated carbocycles. The average molecular weight is 234 g/mol. The van der Waals surface area contributed by atoms with E-state index in [-0.39, 0.29) is 17.7 Å². The molecular formula is C10H16ClNO3. The number of hydrogen-bond acceptors (Lipinski definition) is 2. The van der Waals surface area contributed by atoms with Gasteiger partial charge in [0.25, 0.3) is 0 Å². The molecule has 0 aromatic heterocycles. The fourth-order valence-corrected chi connectivity index (χ4v) is 1.99. The van der Waals surface area contributed by atoms with E-state index in [1.165, 1.54) is 0 Å². The molecule has 0 spiro atoms. The quantitative estimate of drug-likeness (QED) is 0.558. The maximum absolute atomic E-state index is 11.3. The highest BCUT2D eigenvalue weighted by Crippen LogP contribution is 2.16. The molecule has 1 aliphatic rings. The van der Waals surface area contributed by atoms with Crippen LogP contribution in [0.25, 0.3) is 0 Å². The Morgan fingerprint density at radius 1 is 1.47 bits per heavy atom. The Kier molecular flexibility index (Phi) is 4.88. The van der Waals surface area contributed by atoms with Crippen molar-refractivity contribution in [2.75, 3.05) is 13.1 Å². The SMILES string of the molecule is O=C(O)CCCCCN1CC(Cl)CC1=O. The van der Waals surface area contributed by atoms with Gasteiger partial charge in [-0.05, 0) is 12.8 Å². The predicted octanol–water partition coefficient (Wildman–Crippen LogP) is 1.47. The summed E-state index contributed by atoms with van der Waals surface area (Å²) in [6, 6.07) is 0. The molecule has 1 unspecified atom stereocenters. The molecule has 1 saturated heterocycles. The zero-order valence-electron chi connectivity index (χ0n) is 8.62. The molecule has 1 amide bonds. The minimum atomic E-state index is -0.756. The van der Waals surface area contributed by atoms with Gasteiger partial charge in [0, 0.05) is 25.9 Å². The average Bonchev–Trinajstić information content (AvgIpc) is 2.44. The number of carbonyl (C=O) groups is 2. The van der Waals surface area contributed by atoms with E-state index in [0.717, 1.165) is 12.8 Å². The Balaban J connectivity index is 2.05. The second kappa shape index (κ2) is 5.95. The third-order valence-corrected chi connectivity index (χ3v) is 2.78. The van der Waals surface area contributed by atoms with Crippen molar-refractivity contribution in [3.05, 3.63) is 0 Å². The summed E-state index contributed by atoms with van der Waals surface area (Å²) in [4.78, 5) is 23.3. The number of hydrogen-bond donors (Lipinski definition) is 1. The number of unbranched alkanes of at least 4 members (excludes halogenated alkanes) is 2. The van der Waals surface area contributed by atoms with Crippen LogP contribution in [-0.4, -0.2) is 40.3 Å². The van der Waals surface area contributed by atoms with Crippen molar-refractivity contribution in [1.29, 1.82) is 0 Å². The lowest BCUT2D eigenvalue weighted by Gasteiger charge is -2.14. The number of alkyl halides is 1. The van der Waals surface area contributed by atoms with Crippen molar-refractivity contribution in [2.24, 2.45) is 0 Å². The van der Waals surface area contributed by atoms with E-state index in [9.17, 15) is 9.59 Å². The monoisotopic (exact) mass is 233 g/mol. The summed E-state index contributed by atoms with van der Waals surface area (Å²) in [5.74, 6) is -0.638. The number of halogens is 1. The summed E-state index contributed by atoms with van der Waals surface area (Å²) >= 11 is 5.84. The third-order valence-electron chi connectivity index (χ3n) is 2.49. The molecule has 15 heavy (non-hydrogen) atoms. The van der Waals surface area contributed by atoms with Crippen LogP contribution in [0, 0.1) is 0 Å². The van der Waals surface area contributed by atoms with Crippen molar-refractivity contribution in [2.45, 2.75) is 37.5 Å². The van der Waals surface area contributed by atoms with Crippen LogP contribution in [0.15, 0.2) is 0 Å². The maximum Gasteiger partial charge on any atom is 0.303 e. The fraction of sp³-hybridized carbons (Fsp3) is 0.800. The van der Waals surface area contributed by atoms with E-state index in [4.69, 9.17) is 16.7 Å². The number of nitrogens with zero attached hydrogens (tertiary/aromatic N) is 1. The summed E-state index contributed by atoms with van der Waals surface area (Å²) in [5.41, 5.74) is 0. The molecule has 0 radical (unpaired) electrons. The first-order valence-corrected chi connectivity index (χ1v) is 5.67. The highest BCUT2D eigenvalue weighted by Gasteiger charge is 2.26. The smallest absolute Gasteiger partial charge is 0.303 e.